The average molecular weight is 284 g/mol. The number of ether oxygens (including phenoxy) is 1. The van der Waals surface area contributed by atoms with Crippen LogP contribution in [0.1, 0.15) is 34.1 Å². The predicted octanol–water partition coefficient (Wildman–Crippen LogP) is 2.66. The highest BCUT2D eigenvalue weighted by molar-refractivity contribution is 4.68. The summed E-state index contributed by atoms with van der Waals surface area (Å²) in [5.74, 6) is 0. The van der Waals surface area contributed by atoms with Gasteiger partial charge >= 0.3 is 6.18 Å². The van der Waals surface area contributed by atoms with Crippen molar-refractivity contribution in [3.63, 3.8) is 0 Å². The molecule has 1 N–H and O–H groups in total. The second kappa shape index (κ2) is 9.55. The van der Waals surface area contributed by atoms with E-state index in [-0.39, 0.29) is 12.1 Å². The molecule has 3 nitrogen and oxygen atoms in total. The number of alkyl halides is 3. The maximum Gasteiger partial charge on any atom is 0.401 e. The Bertz CT molecular complexity index is 220. The molecular formula is C13H27F3N2O. The summed E-state index contributed by atoms with van der Waals surface area (Å²) in [4.78, 5) is 1.43. The second-order valence-electron chi connectivity index (χ2n) is 5.20. The van der Waals surface area contributed by atoms with E-state index in [0.717, 1.165) is 13.0 Å². The maximum absolute atomic E-state index is 12.3. The number of nitrogens with one attached hydrogen (secondary N) is 1. The highest BCUT2D eigenvalue weighted by Gasteiger charge is 2.31. The van der Waals surface area contributed by atoms with Gasteiger partial charge in [-0.05, 0) is 40.7 Å². The minimum Gasteiger partial charge on any atom is -0.379 e. The number of hydrogen-bond donors (Lipinski definition) is 1. The molecule has 0 aromatic rings. The van der Waals surface area contributed by atoms with E-state index in [4.69, 9.17) is 4.74 Å². The summed E-state index contributed by atoms with van der Waals surface area (Å²) in [6, 6.07) is -0.104. The zero-order valence-electron chi connectivity index (χ0n) is 12.4. The van der Waals surface area contributed by atoms with Crippen molar-refractivity contribution < 1.29 is 17.9 Å². The Balaban J connectivity index is 3.65. The average Bonchev–Trinajstić information content (AvgIpc) is 2.23. The first-order valence-electron chi connectivity index (χ1n) is 6.85. The first-order chi connectivity index (χ1) is 8.72. The van der Waals surface area contributed by atoms with Crippen LogP contribution >= 0.6 is 0 Å². The molecule has 0 aromatic carbocycles. The van der Waals surface area contributed by atoms with E-state index in [9.17, 15) is 13.2 Å². The third-order valence-corrected chi connectivity index (χ3v) is 2.64. The molecule has 0 aliphatic carbocycles. The highest BCUT2D eigenvalue weighted by atomic mass is 19.4. The topological polar surface area (TPSA) is 24.5 Å². The third kappa shape index (κ3) is 12.4. The molecular weight excluding hydrogens is 257 g/mol. The fourth-order valence-electron chi connectivity index (χ4n) is 1.61. The zero-order chi connectivity index (χ0) is 14.9. The Morgan fingerprint density at radius 1 is 1.11 bits per heavy atom. The molecule has 0 unspecified atom stereocenters. The lowest BCUT2D eigenvalue weighted by Gasteiger charge is -2.27. The van der Waals surface area contributed by atoms with Gasteiger partial charge in [-0.25, -0.2) is 0 Å². The Kier molecular flexibility index (Phi) is 9.39. The summed E-state index contributed by atoms with van der Waals surface area (Å²) in [6.45, 7) is 9.09. The summed E-state index contributed by atoms with van der Waals surface area (Å²) < 4.78 is 42.4. The molecule has 0 atom stereocenters. The van der Waals surface area contributed by atoms with Crippen LogP contribution in [0.5, 0.6) is 0 Å². The minimum absolute atomic E-state index is 0.104. The normalized spacial score (nSPS) is 12.9. The SMILES string of the molecule is CC(C)OCCCNCCN(CC(F)(F)F)C(C)C. The molecule has 19 heavy (non-hydrogen) atoms. The molecule has 0 aliphatic heterocycles. The van der Waals surface area contributed by atoms with Gasteiger partial charge in [-0.1, -0.05) is 0 Å². The van der Waals surface area contributed by atoms with Gasteiger partial charge in [0.25, 0.3) is 0 Å². The van der Waals surface area contributed by atoms with Gasteiger partial charge in [0, 0.05) is 25.7 Å². The fraction of sp³-hybridized carbons (Fsp3) is 1.00. The molecule has 0 spiro atoms. The Morgan fingerprint density at radius 3 is 2.21 bits per heavy atom. The lowest BCUT2D eigenvalue weighted by Crippen LogP contribution is -2.42. The molecule has 0 saturated carbocycles. The lowest BCUT2D eigenvalue weighted by molar-refractivity contribution is -0.149. The van der Waals surface area contributed by atoms with Crippen LogP contribution in [0.3, 0.4) is 0 Å². The number of nitrogens with zero attached hydrogens (tertiary/aromatic N) is 1. The van der Waals surface area contributed by atoms with Gasteiger partial charge in [0.1, 0.15) is 0 Å². The molecule has 0 amide bonds. The molecule has 0 aromatic heterocycles. The van der Waals surface area contributed by atoms with Gasteiger partial charge in [0.05, 0.1) is 12.6 Å². The van der Waals surface area contributed by atoms with E-state index in [1.807, 2.05) is 13.8 Å². The molecule has 0 aliphatic rings. The maximum atomic E-state index is 12.3. The van der Waals surface area contributed by atoms with E-state index >= 15 is 0 Å². The van der Waals surface area contributed by atoms with Gasteiger partial charge in [0.2, 0.25) is 0 Å². The van der Waals surface area contributed by atoms with E-state index < -0.39 is 12.7 Å². The van der Waals surface area contributed by atoms with Crippen LogP contribution in [-0.4, -0.2) is 56.0 Å². The standard InChI is InChI=1S/C13H27F3N2O/c1-11(2)18(10-13(14,15)16)8-7-17-6-5-9-19-12(3)4/h11-12,17H,5-10H2,1-4H3. The van der Waals surface area contributed by atoms with Gasteiger partial charge in [-0.2, -0.15) is 13.2 Å². The van der Waals surface area contributed by atoms with Crippen molar-refractivity contribution in [3.05, 3.63) is 0 Å². The molecule has 0 fully saturated rings. The van der Waals surface area contributed by atoms with Crippen molar-refractivity contribution >= 4 is 0 Å². The molecule has 0 saturated heterocycles. The van der Waals surface area contributed by atoms with Crippen LogP contribution in [0.25, 0.3) is 0 Å². The van der Waals surface area contributed by atoms with Crippen LogP contribution in [0.2, 0.25) is 0 Å². The Morgan fingerprint density at radius 2 is 1.74 bits per heavy atom. The summed E-state index contributed by atoms with van der Waals surface area (Å²) >= 11 is 0. The molecule has 116 valence electrons. The van der Waals surface area contributed by atoms with Gasteiger partial charge in [-0.15, -0.1) is 0 Å². The van der Waals surface area contributed by atoms with Crippen LogP contribution in [0, 0.1) is 0 Å². The Labute approximate surface area is 114 Å². The molecule has 6 heteroatoms. The molecule has 0 rings (SSSR count). The zero-order valence-corrected chi connectivity index (χ0v) is 12.4. The van der Waals surface area contributed by atoms with Crippen molar-refractivity contribution in [1.29, 1.82) is 0 Å². The molecule has 0 bridgehead atoms. The van der Waals surface area contributed by atoms with E-state index in [2.05, 4.69) is 5.32 Å². The van der Waals surface area contributed by atoms with Crippen LogP contribution in [-0.2, 0) is 4.74 Å². The van der Waals surface area contributed by atoms with E-state index in [1.165, 1.54) is 4.90 Å². The number of rotatable bonds is 10. The largest absolute Gasteiger partial charge is 0.401 e. The van der Waals surface area contributed by atoms with Crippen molar-refractivity contribution in [3.8, 4) is 0 Å². The molecule has 0 radical (unpaired) electrons. The fourth-order valence-corrected chi connectivity index (χ4v) is 1.61. The summed E-state index contributed by atoms with van der Waals surface area (Å²) in [7, 11) is 0. The first-order valence-corrected chi connectivity index (χ1v) is 6.85. The number of halogens is 3. The quantitative estimate of drug-likeness (QED) is 0.624. The lowest BCUT2D eigenvalue weighted by atomic mass is 10.3. The summed E-state index contributed by atoms with van der Waals surface area (Å²) in [5, 5.41) is 3.14. The van der Waals surface area contributed by atoms with Gasteiger partial charge in [0.15, 0.2) is 0 Å². The third-order valence-electron chi connectivity index (χ3n) is 2.64. The van der Waals surface area contributed by atoms with Crippen molar-refractivity contribution in [2.75, 3.05) is 32.8 Å². The van der Waals surface area contributed by atoms with Crippen molar-refractivity contribution in [2.24, 2.45) is 0 Å². The second-order valence-corrected chi connectivity index (χ2v) is 5.20. The van der Waals surface area contributed by atoms with E-state index in [1.54, 1.807) is 13.8 Å². The smallest absolute Gasteiger partial charge is 0.379 e. The Hall–Kier alpha value is -0.330. The van der Waals surface area contributed by atoms with Crippen LogP contribution in [0.15, 0.2) is 0 Å². The van der Waals surface area contributed by atoms with Gasteiger partial charge in [-0.3, -0.25) is 4.90 Å². The van der Waals surface area contributed by atoms with Crippen molar-refractivity contribution in [2.45, 2.75) is 52.4 Å². The molecule has 0 heterocycles. The van der Waals surface area contributed by atoms with Gasteiger partial charge < -0.3 is 10.1 Å². The summed E-state index contributed by atoms with van der Waals surface area (Å²) in [6.07, 6.45) is -3.03. The van der Waals surface area contributed by atoms with E-state index in [0.29, 0.717) is 19.7 Å². The van der Waals surface area contributed by atoms with Crippen LogP contribution in [0.4, 0.5) is 13.2 Å². The monoisotopic (exact) mass is 284 g/mol. The minimum atomic E-state index is -4.13. The van der Waals surface area contributed by atoms with Crippen LogP contribution < -0.4 is 5.32 Å². The first kappa shape index (κ1) is 18.7. The van der Waals surface area contributed by atoms with Crippen molar-refractivity contribution in [1.82, 2.24) is 10.2 Å². The summed E-state index contributed by atoms with van der Waals surface area (Å²) in [5.41, 5.74) is 0. The predicted molar refractivity (Wildman–Crippen MR) is 71.3 cm³/mol. The highest BCUT2D eigenvalue weighted by Crippen LogP contribution is 2.17. The number of hydrogen-bond acceptors (Lipinski definition) is 3.